The van der Waals surface area contributed by atoms with Gasteiger partial charge in [-0.25, -0.2) is 4.98 Å². The Hall–Kier alpha value is -1.76. The predicted molar refractivity (Wildman–Crippen MR) is 98.0 cm³/mol. The summed E-state index contributed by atoms with van der Waals surface area (Å²) in [6, 6.07) is 9.47. The lowest BCUT2D eigenvalue weighted by molar-refractivity contribution is -0.0810. The lowest BCUT2D eigenvalue weighted by Gasteiger charge is -2.40. The predicted octanol–water partition coefficient (Wildman–Crippen LogP) is 3.15. The van der Waals surface area contributed by atoms with Crippen molar-refractivity contribution in [1.29, 1.82) is 0 Å². The topological polar surface area (TPSA) is 62.7 Å². The number of aliphatic hydroxyl groups excluding tert-OH is 1. The number of morpholine rings is 1. The molecule has 5 nitrogen and oxygen atoms in total. The first-order chi connectivity index (χ1) is 12.0. The number of hydrogen-bond acceptors (Lipinski definition) is 5. The average Bonchev–Trinajstić information content (AvgIpc) is 3.03. The Morgan fingerprint density at radius 2 is 2.12 bits per heavy atom. The maximum absolute atomic E-state index is 13.3. The van der Waals surface area contributed by atoms with Gasteiger partial charge >= 0.3 is 0 Å². The number of nitrogens with zero attached hydrogens (tertiary/aromatic N) is 2. The first-order valence-electron chi connectivity index (χ1n) is 8.58. The fourth-order valence-corrected chi connectivity index (χ4v) is 4.18. The summed E-state index contributed by atoms with van der Waals surface area (Å²) < 4.78 is 5.73. The fourth-order valence-electron chi connectivity index (χ4n) is 3.15. The van der Waals surface area contributed by atoms with Gasteiger partial charge in [-0.2, -0.15) is 0 Å². The summed E-state index contributed by atoms with van der Waals surface area (Å²) in [6.07, 6.45) is -0.419. The van der Waals surface area contributed by atoms with Gasteiger partial charge in [-0.05, 0) is 12.5 Å². The molecule has 0 bridgehead atoms. The van der Waals surface area contributed by atoms with Gasteiger partial charge in [0.25, 0.3) is 5.91 Å². The van der Waals surface area contributed by atoms with Crippen LogP contribution in [0.2, 0.25) is 0 Å². The molecule has 1 amide bonds. The van der Waals surface area contributed by atoms with Gasteiger partial charge in [0.05, 0.1) is 30.0 Å². The highest BCUT2D eigenvalue weighted by molar-refractivity contribution is 7.13. The van der Waals surface area contributed by atoms with E-state index in [0.29, 0.717) is 23.9 Å². The van der Waals surface area contributed by atoms with Gasteiger partial charge in [-0.3, -0.25) is 4.79 Å². The molecule has 2 atom stereocenters. The smallest absolute Gasteiger partial charge is 0.266 e. The van der Waals surface area contributed by atoms with Crippen LogP contribution in [-0.2, 0) is 4.74 Å². The van der Waals surface area contributed by atoms with Crippen molar-refractivity contribution in [2.75, 3.05) is 19.8 Å². The summed E-state index contributed by atoms with van der Waals surface area (Å²) >= 11 is 1.47. The third kappa shape index (κ3) is 3.61. The maximum Gasteiger partial charge on any atom is 0.266 e. The molecule has 1 saturated heterocycles. The largest absolute Gasteiger partial charge is 0.394 e. The molecule has 3 rings (SSSR count). The van der Waals surface area contributed by atoms with E-state index >= 15 is 0 Å². The van der Waals surface area contributed by atoms with Crippen LogP contribution in [0.4, 0.5) is 0 Å². The highest BCUT2D eigenvalue weighted by Crippen LogP contribution is 2.33. The quantitative estimate of drug-likeness (QED) is 0.910. The highest BCUT2D eigenvalue weighted by Gasteiger charge is 2.37. The minimum absolute atomic E-state index is 0.0301. The zero-order chi connectivity index (χ0) is 18.0. The average molecular weight is 360 g/mol. The van der Waals surface area contributed by atoms with E-state index in [1.165, 1.54) is 11.3 Å². The summed E-state index contributed by atoms with van der Waals surface area (Å²) in [7, 11) is 0. The second-order valence-corrected chi connectivity index (χ2v) is 7.60. The molecular formula is C19H24N2O3S. The number of hydrogen-bond donors (Lipinski definition) is 1. The molecule has 2 heterocycles. The second kappa shape index (κ2) is 7.64. The van der Waals surface area contributed by atoms with Crippen LogP contribution in [0, 0.1) is 6.92 Å². The van der Waals surface area contributed by atoms with Crippen LogP contribution < -0.4 is 0 Å². The van der Waals surface area contributed by atoms with Crippen molar-refractivity contribution in [2.24, 2.45) is 0 Å². The van der Waals surface area contributed by atoms with Gasteiger partial charge in [-0.15, -0.1) is 11.3 Å². The van der Waals surface area contributed by atoms with E-state index in [9.17, 15) is 9.90 Å². The minimum Gasteiger partial charge on any atom is -0.394 e. The van der Waals surface area contributed by atoms with E-state index in [1.807, 2.05) is 42.2 Å². The molecule has 1 fully saturated rings. The van der Waals surface area contributed by atoms with Crippen LogP contribution in [0.1, 0.15) is 51.7 Å². The molecule has 1 aliphatic heterocycles. The van der Waals surface area contributed by atoms with Gasteiger partial charge in [0.1, 0.15) is 11.0 Å². The van der Waals surface area contributed by atoms with E-state index in [2.05, 4.69) is 18.8 Å². The SMILES string of the molecule is Cc1nc(C(C)C)sc1C(=O)N1CCO[C@H](CO)[C@H]1c1ccccc1. The number of ether oxygens (including phenoxy) is 1. The van der Waals surface area contributed by atoms with Crippen molar-refractivity contribution in [3.05, 3.63) is 51.5 Å². The van der Waals surface area contributed by atoms with Crippen LogP contribution in [0.15, 0.2) is 30.3 Å². The Kier molecular flexibility index (Phi) is 5.51. The third-order valence-electron chi connectivity index (χ3n) is 4.44. The first kappa shape index (κ1) is 18.0. The van der Waals surface area contributed by atoms with Crippen molar-refractivity contribution in [3.63, 3.8) is 0 Å². The normalized spacial score (nSPS) is 20.9. The first-order valence-corrected chi connectivity index (χ1v) is 9.40. The van der Waals surface area contributed by atoms with Gasteiger partial charge in [0, 0.05) is 12.5 Å². The third-order valence-corrected chi connectivity index (χ3v) is 5.88. The Morgan fingerprint density at radius 3 is 2.72 bits per heavy atom. The summed E-state index contributed by atoms with van der Waals surface area (Å²) in [5.41, 5.74) is 1.75. The number of rotatable bonds is 4. The van der Waals surface area contributed by atoms with Crippen LogP contribution in [-0.4, -0.2) is 46.8 Å². The molecule has 0 aliphatic carbocycles. The molecule has 0 spiro atoms. The molecule has 0 unspecified atom stereocenters. The highest BCUT2D eigenvalue weighted by atomic mass is 32.1. The van der Waals surface area contributed by atoms with Crippen molar-refractivity contribution in [1.82, 2.24) is 9.88 Å². The molecule has 1 aliphatic rings. The number of benzene rings is 1. The minimum atomic E-state index is -0.419. The van der Waals surface area contributed by atoms with Crippen molar-refractivity contribution < 1.29 is 14.6 Å². The maximum atomic E-state index is 13.3. The molecule has 134 valence electrons. The van der Waals surface area contributed by atoms with Crippen molar-refractivity contribution in [2.45, 2.75) is 38.8 Å². The number of aromatic nitrogens is 1. The molecule has 2 aromatic rings. The van der Waals surface area contributed by atoms with E-state index < -0.39 is 6.10 Å². The lowest BCUT2D eigenvalue weighted by atomic mass is 9.98. The van der Waals surface area contributed by atoms with Gasteiger partial charge < -0.3 is 14.7 Å². The summed E-state index contributed by atoms with van der Waals surface area (Å²) in [6.45, 7) is 6.85. The Morgan fingerprint density at radius 1 is 1.40 bits per heavy atom. The number of carbonyl (C=O) groups excluding carboxylic acids is 1. The van der Waals surface area contributed by atoms with Gasteiger partial charge in [0.15, 0.2) is 0 Å². The lowest BCUT2D eigenvalue weighted by Crippen LogP contribution is -2.49. The second-order valence-electron chi connectivity index (χ2n) is 6.57. The molecule has 0 radical (unpaired) electrons. The molecule has 1 aromatic heterocycles. The van der Waals surface area contributed by atoms with Crippen LogP contribution in [0.3, 0.4) is 0 Å². The summed E-state index contributed by atoms with van der Waals surface area (Å²) in [5, 5.41) is 10.7. The number of thiazole rings is 1. The van der Waals surface area contributed by atoms with Crippen LogP contribution in [0.25, 0.3) is 0 Å². The van der Waals surface area contributed by atoms with E-state index in [4.69, 9.17) is 4.74 Å². The van der Waals surface area contributed by atoms with Crippen molar-refractivity contribution in [3.8, 4) is 0 Å². The van der Waals surface area contributed by atoms with Gasteiger partial charge in [-0.1, -0.05) is 44.2 Å². The van der Waals surface area contributed by atoms with Crippen molar-refractivity contribution >= 4 is 17.2 Å². The summed E-state index contributed by atoms with van der Waals surface area (Å²) in [5.74, 6) is 0.266. The fraction of sp³-hybridized carbons (Fsp3) is 0.474. The van der Waals surface area contributed by atoms with Crippen LogP contribution in [0.5, 0.6) is 0 Å². The monoisotopic (exact) mass is 360 g/mol. The number of aryl methyl sites for hydroxylation is 1. The van der Waals surface area contributed by atoms with E-state index in [1.54, 1.807) is 0 Å². The number of aliphatic hydroxyl groups is 1. The molecule has 1 aromatic carbocycles. The zero-order valence-corrected chi connectivity index (χ0v) is 15.6. The number of carbonyl (C=O) groups is 1. The Labute approximate surface area is 152 Å². The zero-order valence-electron chi connectivity index (χ0n) is 14.8. The van der Waals surface area contributed by atoms with E-state index in [-0.39, 0.29) is 18.6 Å². The molecule has 25 heavy (non-hydrogen) atoms. The molecule has 0 saturated carbocycles. The summed E-state index contributed by atoms with van der Waals surface area (Å²) in [4.78, 5) is 20.3. The Bertz CT molecular complexity index is 730. The Balaban J connectivity index is 1.96. The van der Waals surface area contributed by atoms with Crippen LogP contribution >= 0.6 is 11.3 Å². The van der Waals surface area contributed by atoms with E-state index in [0.717, 1.165) is 16.3 Å². The number of amides is 1. The molecule has 6 heteroatoms. The molecular weight excluding hydrogens is 336 g/mol. The standard InChI is InChI=1S/C19H24N2O3S/c1-12(2)18-20-13(3)17(25-18)19(23)21-9-10-24-15(11-22)16(21)14-7-5-4-6-8-14/h4-8,12,15-16,22H,9-11H2,1-3H3/t15-,16-/m1/s1. The van der Waals surface area contributed by atoms with Gasteiger partial charge in [0.2, 0.25) is 0 Å². The molecule has 1 N–H and O–H groups in total.